The van der Waals surface area contributed by atoms with Gasteiger partial charge < -0.3 is 19.4 Å². The molecule has 1 aliphatic rings. The van der Waals surface area contributed by atoms with Gasteiger partial charge in [-0.05, 0) is 37.5 Å². The van der Waals surface area contributed by atoms with Crippen LogP contribution in [0.15, 0.2) is 54.7 Å². The van der Waals surface area contributed by atoms with Crippen molar-refractivity contribution in [2.45, 2.75) is 39.0 Å². The van der Waals surface area contributed by atoms with Gasteiger partial charge in [0.05, 0.1) is 18.3 Å². The highest BCUT2D eigenvalue weighted by Gasteiger charge is 2.23. The summed E-state index contributed by atoms with van der Waals surface area (Å²) in [5.41, 5.74) is 3.97. The van der Waals surface area contributed by atoms with Crippen LogP contribution in [0.3, 0.4) is 0 Å². The van der Waals surface area contributed by atoms with Crippen LogP contribution in [-0.2, 0) is 17.8 Å². The summed E-state index contributed by atoms with van der Waals surface area (Å²) < 4.78 is 7.79. The molecule has 1 aromatic carbocycles. The fourth-order valence-corrected chi connectivity index (χ4v) is 3.62. The standard InChI is InChI=1S/C22H26N4O2/c1-17-7-5-11-21-24-19(15-26(17)21)13-23-22(27)25(16-20-10-6-12-28-20)14-18-8-3-2-4-9-18/h2-5,7-9,11,15,20H,6,10,12-14,16H2,1H3,(H,23,27). The molecule has 0 aliphatic carbocycles. The molecule has 1 fully saturated rings. The number of fused-ring (bicyclic) bond motifs is 1. The first kappa shape index (κ1) is 18.5. The minimum atomic E-state index is -0.0897. The number of imidazole rings is 1. The number of amides is 2. The van der Waals surface area contributed by atoms with Gasteiger partial charge in [-0.2, -0.15) is 0 Å². The van der Waals surface area contributed by atoms with Crippen LogP contribution < -0.4 is 5.32 Å². The SMILES string of the molecule is Cc1cccc2nc(CNC(=O)N(Cc3ccccc3)CC3CCCO3)cn12. The van der Waals surface area contributed by atoms with Crippen LogP contribution >= 0.6 is 0 Å². The molecule has 146 valence electrons. The Kier molecular flexibility index (Phi) is 5.58. The highest BCUT2D eigenvalue weighted by atomic mass is 16.5. The van der Waals surface area contributed by atoms with Crippen molar-refractivity contribution in [1.29, 1.82) is 0 Å². The van der Waals surface area contributed by atoms with Crippen LogP contribution in [0.5, 0.6) is 0 Å². The number of hydrogen-bond donors (Lipinski definition) is 1. The number of aryl methyl sites for hydroxylation is 1. The van der Waals surface area contributed by atoms with Gasteiger partial charge in [0, 0.05) is 31.6 Å². The lowest BCUT2D eigenvalue weighted by molar-refractivity contribution is 0.0794. The van der Waals surface area contributed by atoms with Gasteiger partial charge in [0.25, 0.3) is 0 Å². The normalized spacial score (nSPS) is 16.4. The number of carbonyl (C=O) groups is 1. The second-order valence-electron chi connectivity index (χ2n) is 7.29. The van der Waals surface area contributed by atoms with E-state index in [1.165, 1.54) is 0 Å². The van der Waals surface area contributed by atoms with Crippen molar-refractivity contribution in [3.63, 3.8) is 0 Å². The largest absolute Gasteiger partial charge is 0.376 e. The summed E-state index contributed by atoms with van der Waals surface area (Å²) in [5, 5.41) is 3.03. The third kappa shape index (κ3) is 4.34. The lowest BCUT2D eigenvalue weighted by atomic mass is 10.2. The maximum absolute atomic E-state index is 12.9. The smallest absolute Gasteiger partial charge is 0.318 e. The molecule has 4 rings (SSSR count). The van der Waals surface area contributed by atoms with Crippen molar-refractivity contribution < 1.29 is 9.53 Å². The quantitative estimate of drug-likeness (QED) is 0.714. The van der Waals surface area contributed by atoms with E-state index in [-0.39, 0.29) is 12.1 Å². The molecule has 1 saturated heterocycles. The Morgan fingerprint density at radius 2 is 2.11 bits per heavy atom. The Morgan fingerprint density at radius 3 is 2.86 bits per heavy atom. The summed E-state index contributed by atoms with van der Waals surface area (Å²) >= 11 is 0. The fourth-order valence-electron chi connectivity index (χ4n) is 3.62. The summed E-state index contributed by atoms with van der Waals surface area (Å²) in [6.45, 7) is 4.39. The molecule has 0 saturated carbocycles. The molecular formula is C22H26N4O2. The Labute approximate surface area is 165 Å². The first-order valence-electron chi connectivity index (χ1n) is 9.81. The molecule has 3 heterocycles. The monoisotopic (exact) mass is 378 g/mol. The predicted octanol–water partition coefficient (Wildman–Crippen LogP) is 3.53. The zero-order valence-electron chi connectivity index (χ0n) is 16.2. The summed E-state index contributed by atoms with van der Waals surface area (Å²) in [6, 6.07) is 16.0. The lowest BCUT2D eigenvalue weighted by Crippen LogP contribution is -2.43. The Balaban J connectivity index is 1.43. The highest BCUT2D eigenvalue weighted by molar-refractivity contribution is 5.74. The fraction of sp³-hybridized carbons (Fsp3) is 0.364. The average Bonchev–Trinajstić information content (AvgIpc) is 3.36. The molecule has 6 nitrogen and oxygen atoms in total. The molecule has 1 atom stereocenters. The van der Waals surface area contributed by atoms with Gasteiger partial charge in [-0.15, -0.1) is 0 Å². The predicted molar refractivity (Wildman–Crippen MR) is 108 cm³/mol. The number of carbonyl (C=O) groups excluding carboxylic acids is 1. The van der Waals surface area contributed by atoms with Crippen LogP contribution in [0.1, 0.15) is 29.8 Å². The number of nitrogens with zero attached hydrogens (tertiary/aromatic N) is 3. The van der Waals surface area contributed by atoms with E-state index in [2.05, 4.69) is 10.3 Å². The van der Waals surface area contributed by atoms with E-state index >= 15 is 0 Å². The van der Waals surface area contributed by atoms with Crippen molar-refractivity contribution in [2.75, 3.05) is 13.2 Å². The number of benzene rings is 1. The summed E-state index contributed by atoms with van der Waals surface area (Å²) in [6.07, 6.45) is 4.16. The molecule has 0 spiro atoms. The van der Waals surface area contributed by atoms with Crippen molar-refractivity contribution in [3.8, 4) is 0 Å². The van der Waals surface area contributed by atoms with Crippen molar-refractivity contribution in [1.82, 2.24) is 19.6 Å². The zero-order chi connectivity index (χ0) is 19.3. The summed E-state index contributed by atoms with van der Waals surface area (Å²) in [5.74, 6) is 0. The zero-order valence-corrected chi connectivity index (χ0v) is 16.2. The average molecular weight is 378 g/mol. The number of hydrogen-bond acceptors (Lipinski definition) is 3. The second kappa shape index (κ2) is 8.44. The van der Waals surface area contributed by atoms with Gasteiger partial charge in [0.1, 0.15) is 5.65 Å². The van der Waals surface area contributed by atoms with Crippen molar-refractivity contribution >= 4 is 11.7 Å². The van der Waals surface area contributed by atoms with E-state index in [1.807, 2.05) is 71.0 Å². The number of pyridine rings is 1. The Morgan fingerprint density at radius 1 is 1.25 bits per heavy atom. The molecular weight excluding hydrogens is 352 g/mol. The van der Waals surface area contributed by atoms with Crippen LogP contribution in [0.2, 0.25) is 0 Å². The molecule has 0 bridgehead atoms. The maximum atomic E-state index is 12.9. The molecule has 6 heteroatoms. The van der Waals surface area contributed by atoms with Crippen LogP contribution in [0, 0.1) is 6.92 Å². The van der Waals surface area contributed by atoms with Crippen LogP contribution in [-0.4, -0.2) is 39.6 Å². The van der Waals surface area contributed by atoms with Gasteiger partial charge in [-0.3, -0.25) is 0 Å². The summed E-state index contributed by atoms with van der Waals surface area (Å²) in [7, 11) is 0. The van der Waals surface area contributed by atoms with Crippen LogP contribution in [0.25, 0.3) is 5.65 Å². The highest BCUT2D eigenvalue weighted by Crippen LogP contribution is 2.15. The van der Waals surface area contributed by atoms with Gasteiger partial charge in [-0.25, -0.2) is 9.78 Å². The minimum absolute atomic E-state index is 0.0897. The van der Waals surface area contributed by atoms with E-state index in [9.17, 15) is 4.79 Å². The van der Waals surface area contributed by atoms with Gasteiger partial charge in [0.2, 0.25) is 0 Å². The number of rotatable bonds is 6. The molecule has 1 N–H and O–H groups in total. The lowest BCUT2D eigenvalue weighted by Gasteiger charge is -2.25. The van der Waals surface area contributed by atoms with E-state index in [0.29, 0.717) is 19.6 Å². The van der Waals surface area contributed by atoms with Gasteiger partial charge >= 0.3 is 6.03 Å². The van der Waals surface area contributed by atoms with Crippen molar-refractivity contribution in [2.24, 2.45) is 0 Å². The third-order valence-corrected chi connectivity index (χ3v) is 5.12. The van der Waals surface area contributed by atoms with E-state index in [1.54, 1.807) is 0 Å². The molecule has 28 heavy (non-hydrogen) atoms. The summed E-state index contributed by atoms with van der Waals surface area (Å²) in [4.78, 5) is 19.4. The number of ether oxygens (including phenoxy) is 1. The Hall–Kier alpha value is -2.86. The topological polar surface area (TPSA) is 58.9 Å². The molecule has 2 aromatic heterocycles. The maximum Gasteiger partial charge on any atom is 0.318 e. The van der Waals surface area contributed by atoms with E-state index in [4.69, 9.17) is 4.74 Å². The minimum Gasteiger partial charge on any atom is -0.376 e. The first-order chi connectivity index (χ1) is 13.7. The second-order valence-corrected chi connectivity index (χ2v) is 7.29. The number of aromatic nitrogens is 2. The van der Waals surface area contributed by atoms with E-state index < -0.39 is 0 Å². The third-order valence-electron chi connectivity index (χ3n) is 5.12. The molecule has 1 aliphatic heterocycles. The molecule has 3 aromatic rings. The van der Waals surface area contributed by atoms with E-state index in [0.717, 1.165) is 42.0 Å². The molecule has 1 unspecified atom stereocenters. The first-order valence-corrected chi connectivity index (χ1v) is 9.81. The van der Waals surface area contributed by atoms with Crippen LogP contribution in [0.4, 0.5) is 4.79 Å². The van der Waals surface area contributed by atoms with Crippen molar-refractivity contribution in [3.05, 3.63) is 71.7 Å². The number of nitrogens with one attached hydrogen (secondary N) is 1. The van der Waals surface area contributed by atoms with Gasteiger partial charge in [0.15, 0.2) is 0 Å². The van der Waals surface area contributed by atoms with Gasteiger partial charge in [-0.1, -0.05) is 36.4 Å². The molecule has 2 amide bonds. The Bertz CT molecular complexity index is 932. The number of urea groups is 1. The molecule has 0 radical (unpaired) electrons.